The van der Waals surface area contributed by atoms with Crippen LogP contribution in [0.2, 0.25) is 0 Å². The molecule has 4 heteroatoms. The first-order valence-electron chi connectivity index (χ1n) is 14.6. The molecule has 0 bridgehead atoms. The van der Waals surface area contributed by atoms with Crippen LogP contribution in [0.15, 0.2) is 12.2 Å². The van der Waals surface area contributed by atoms with E-state index in [1.807, 2.05) is 6.92 Å². The Labute approximate surface area is 211 Å². The lowest BCUT2D eigenvalue weighted by Gasteiger charge is -2.13. The van der Waals surface area contributed by atoms with Crippen LogP contribution in [0.3, 0.4) is 0 Å². The second-order valence-corrected chi connectivity index (χ2v) is 9.96. The molecule has 0 aromatic carbocycles. The highest BCUT2D eigenvalue weighted by Crippen LogP contribution is 2.17. The zero-order valence-electron chi connectivity index (χ0n) is 22.7. The summed E-state index contributed by atoms with van der Waals surface area (Å²) in [6.45, 7) is 4.58. The van der Waals surface area contributed by atoms with Gasteiger partial charge in [-0.2, -0.15) is 0 Å². The first-order chi connectivity index (χ1) is 16.6. The normalized spacial score (nSPS) is 12.3. The van der Waals surface area contributed by atoms with Gasteiger partial charge >= 0.3 is 11.9 Å². The third-order valence-electron chi connectivity index (χ3n) is 6.52. The van der Waals surface area contributed by atoms with Gasteiger partial charge < -0.3 is 9.84 Å². The fourth-order valence-electron chi connectivity index (χ4n) is 4.36. The van der Waals surface area contributed by atoms with E-state index in [2.05, 4.69) is 19.1 Å². The molecule has 0 heterocycles. The third-order valence-corrected chi connectivity index (χ3v) is 6.52. The molecule has 0 spiro atoms. The van der Waals surface area contributed by atoms with Gasteiger partial charge in [0.2, 0.25) is 0 Å². The molecule has 1 N–H and O–H groups in total. The summed E-state index contributed by atoms with van der Waals surface area (Å²) in [5.74, 6) is -1.81. The number of aliphatic carboxylic acids is 1. The summed E-state index contributed by atoms with van der Waals surface area (Å²) in [4.78, 5) is 23.0. The Morgan fingerprint density at radius 2 is 1.09 bits per heavy atom. The van der Waals surface area contributed by atoms with Crippen LogP contribution >= 0.6 is 0 Å². The van der Waals surface area contributed by atoms with E-state index >= 15 is 0 Å². The molecule has 0 saturated carbocycles. The molecule has 0 radical (unpaired) electrons. The van der Waals surface area contributed by atoms with Crippen LogP contribution in [0.4, 0.5) is 0 Å². The largest absolute Gasteiger partial charge is 0.481 e. The van der Waals surface area contributed by atoms with Crippen molar-refractivity contribution in [1.82, 2.24) is 0 Å². The van der Waals surface area contributed by atoms with E-state index in [1.54, 1.807) is 0 Å². The number of carbonyl (C=O) groups excluding carboxylic acids is 1. The Hall–Kier alpha value is -1.32. The van der Waals surface area contributed by atoms with Crippen LogP contribution in [0.1, 0.15) is 155 Å². The summed E-state index contributed by atoms with van der Waals surface area (Å²) >= 11 is 0. The summed E-state index contributed by atoms with van der Waals surface area (Å²) in [7, 11) is 0. The van der Waals surface area contributed by atoms with Crippen LogP contribution < -0.4 is 0 Å². The number of esters is 1. The van der Waals surface area contributed by atoms with Gasteiger partial charge in [0.1, 0.15) is 0 Å². The minimum absolute atomic E-state index is 0.133. The van der Waals surface area contributed by atoms with Gasteiger partial charge in [0.15, 0.2) is 0 Å². The summed E-state index contributed by atoms with van der Waals surface area (Å²) in [5, 5.41) is 9.01. The number of carboxylic acid groups (broad SMARTS) is 1. The fourth-order valence-corrected chi connectivity index (χ4v) is 4.36. The fraction of sp³-hybridized carbons (Fsp3) is 0.867. The number of allylic oxidation sites excluding steroid dienone is 2. The zero-order valence-corrected chi connectivity index (χ0v) is 22.7. The predicted octanol–water partition coefficient (Wildman–Crippen LogP) is 9.41. The molecule has 0 fully saturated rings. The Balaban J connectivity index is 3.46. The van der Waals surface area contributed by atoms with Crippen LogP contribution in [-0.4, -0.2) is 23.7 Å². The number of carbonyl (C=O) groups is 2. The van der Waals surface area contributed by atoms with Crippen LogP contribution in [-0.2, 0) is 14.3 Å². The Morgan fingerprint density at radius 3 is 1.53 bits per heavy atom. The summed E-state index contributed by atoms with van der Waals surface area (Å²) < 4.78 is 5.13. The number of ether oxygens (including phenoxy) is 1. The van der Waals surface area contributed by atoms with Crippen LogP contribution in [0, 0.1) is 5.92 Å². The molecular weight excluding hydrogens is 424 g/mol. The van der Waals surface area contributed by atoms with Crippen molar-refractivity contribution in [3.63, 3.8) is 0 Å². The molecule has 0 amide bonds. The Morgan fingerprint density at radius 1 is 0.647 bits per heavy atom. The van der Waals surface area contributed by atoms with Crippen molar-refractivity contribution in [3.05, 3.63) is 12.2 Å². The monoisotopic (exact) mass is 480 g/mol. The van der Waals surface area contributed by atoms with Gasteiger partial charge in [0.05, 0.1) is 18.9 Å². The first-order valence-corrected chi connectivity index (χ1v) is 14.6. The van der Waals surface area contributed by atoms with Crippen LogP contribution in [0.5, 0.6) is 0 Å². The molecule has 1 unspecified atom stereocenters. The molecule has 0 aliphatic heterocycles. The van der Waals surface area contributed by atoms with Gasteiger partial charge in [-0.25, -0.2) is 0 Å². The molecule has 34 heavy (non-hydrogen) atoms. The minimum atomic E-state index is -0.933. The van der Waals surface area contributed by atoms with Gasteiger partial charge in [-0.15, -0.1) is 0 Å². The number of hydrogen-bond donors (Lipinski definition) is 1. The summed E-state index contributed by atoms with van der Waals surface area (Å²) in [5.41, 5.74) is 0. The van der Waals surface area contributed by atoms with E-state index in [0.717, 1.165) is 25.7 Å². The maximum atomic E-state index is 12.0. The number of carboxylic acids is 1. The van der Waals surface area contributed by atoms with E-state index in [4.69, 9.17) is 9.84 Å². The quantitative estimate of drug-likeness (QED) is 0.0760. The minimum Gasteiger partial charge on any atom is -0.481 e. The van der Waals surface area contributed by atoms with E-state index in [9.17, 15) is 9.59 Å². The number of rotatable bonds is 26. The molecule has 0 saturated heterocycles. The molecule has 1 atom stereocenters. The van der Waals surface area contributed by atoms with Crippen LogP contribution in [0.25, 0.3) is 0 Å². The van der Waals surface area contributed by atoms with Gasteiger partial charge in [-0.05, 0) is 38.5 Å². The lowest BCUT2D eigenvalue weighted by Crippen LogP contribution is -2.21. The Bertz CT molecular complexity index is 486. The third kappa shape index (κ3) is 23.8. The second kappa shape index (κ2) is 26.3. The van der Waals surface area contributed by atoms with Gasteiger partial charge in [0.25, 0.3) is 0 Å². The molecule has 0 rings (SSSR count). The lowest BCUT2D eigenvalue weighted by atomic mass is 9.98. The van der Waals surface area contributed by atoms with Crippen molar-refractivity contribution in [1.29, 1.82) is 0 Å². The van der Waals surface area contributed by atoms with Crippen molar-refractivity contribution >= 4 is 11.9 Å². The highest BCUT2D eigenvalue weighted by Gasteiger charge is 2.22. The average Bonchev–Trinajstić information content (AvgIpc) is 2.82. The van der Waals surface area contributed by atoms with E-state index < -0.39 is 11.9 Å². The zero-order chi connectivity index (χ0) is 25.1. The van der Waals surface area contributed by atoms with Crippen molar-refractivity contribution in [2.24, 2.45) is 5.92 Å². The summed E-state index contributed by atoms with van der Waals surface area (Å²) in [6.07, 6.45) is 30.8. The van der Waals surface area contributed by atoms with E-state index in [1.165, 1.54) is 103 Å². The molecule has 0 aliphatic carbocycles. The van der Waals surface area contributed by atoms with E-state index in [0.29, 0.717) is 13.0 Å². The molecule has 0 aromatic heterocycles. The van der Waals surface area contributed by atoms with Gasteiger partial charge in [-0.1, -0.05) is 122 Å². The van der Waals surface area contributed by atoms with Crippen molar-refractivity contribution in [3.8, 4) is 0 Å². The van der Waals surface area contributed by atoms with Crippen molar-refractivity contribution in [2.75, 3.05) is 6.61 Å². The maximum absolute atomic E-state index is 12.0. The highest BCUT2D eigenvalue weighted by molar-refractivity contribution is 5.79. The predicted molar refractivity (Wildman–Crippen MR) is 144 cm³/mol. The van der Waals surface area contributed by atoms with Gasteiger partial charge in [0, 0.05) is 0 Å². The summed E-state index contributed by atoms with van der Waals surface area (Å²) in [6, 6.07) is 0. The van der Waals surface area contributed by atoms with E-state index in [-0.39, 0.29) is 12.4 Å². The first kappa shape index (κ1) is 32.7. The highest BCUT2D eigenvalue weighted by atomic mass is 16.5. The smallest absolute Gasteiger partial charge is 0.309 e. The molecule has 4 nitrogen and oxygen atoms in total. The topological polar surface area (TPSA) is 63.6 Å². The number of hydrogen-bond acceptors (Lipinski definition) is 3. The van der Waals surface area contributed by atoms with Crippen molar-refractivity contribution in [2.45, 2.75) is 155 Å². The maximum Gasteiger partial charge on any atom is 0.309 e. The molecule has 200 valence electrons. The standard InChI is InChI=1S/C30H56O4/c1-3-5-6-7-8-9-10-11-12-13-14-15-16-17-18-19-20-21-22-23-24-25-28(27-29(31)32)30(33)34-26-4-2/h21-22,28H,3-20,23-27H2,1-2H3,(H,31,32)/b22-21+. The van der Waals surface area contributed by atoms with Gasteiger partial charge in [-0.3, -0.25) is 9.59 Å². The second-order valence-electron chi connectivity index (χ2n) is 9.96. The molecular formula is C30H56O4. The molecule has 0 aromatic rings. The average molecular weight is 481 g/mol. The number of unbranched alkanes of at least 4 members (excludes halogenated alkanes) is 17. The lowest BCUT2D eigenvalue weighted by molar-refractivity contribution is -0.153. The molecule has 0 aliphatic rings. The van der Waals surface area contributed by atoms with Crippen molar-refractivity contribution < 1.29 is 19.4 Å². The SMILES string of the molecule is CCCCCCCCCCCCCCCCCC/C=C/CCCC(CC(=O)O)C(=O)OCCC. The Kier molecular flexibility index (Phi) is 25.3.